The summed E-state index contributed by atoms with van der Waals surface area (Å²) < 4.78 is 5.30. The number of hydrogen-bond acceptors (Lipinski definition) is 3. The highest BCUT2D eigenvalue weighted by molar-refractivity contribution is 5.06. The topological polar surface area (TPSA) is 36.3 Å². The van der Waals surface area contributed by atoms with E-state index < -0.39 is 0 Å². The molecule has 0 radical (unpaired) electrons. The highest BCUT2D eigenvalue weighted by atomic mass is 16.5. The molecule has 15 heavy (non-hydrogen) atoms. The molecule has 0 aliphatic carbocycles. The first-order valence-electron chi connectivity index (χ1n) is 5.63. The van der Waals surface area contributed by atoms with Gasteiger partial charge in [0.25, 0.3) is 0 Å². The molecule has 0 aromatic carbocycles. The maximum atomic E-state index is 8.59. The van der Waals surface area contributed by atoms with Gasteiger partial charge in [-0.25, -0.2) is 0 Å². The zero-order chi connectivity index (χ0) is 11.1. The predicted octanol–water partition coefficient (Wildman–Crippen LogP) is 2.16. The van der Waals surface area contributed by atoms with E-state index in [4.69, 9.17) is 10.00 Å². The lowest BCUT2D eigenvalue weighted by atomic mass is 9.99. The average Bonchev–Trinajstić information content (AvgIpc) is 2.25. The second-order valence-corrected chi connectivity index (χ2v) is 4.17. The molecule has 3 heteroatoms. The predicted molar refractivity (Wildman–Crippen MR) is 60.2 cm³/mol. The molecule has 1 heterocycles. The minimum absolute atomic E-state index is 0.529. The molecule has 1 saturated heterocycles. The van der Waals surface area contributed by atoms with Gasteiger partial charge in [0.2, 0.25) is 0 Å². The lowest BCUT2D eigenvalue weighted by Crippen LogP contribution is -2.32. The fraction of sp³-hybridized carbons (Fsp3) is 0.750. The smallest absolute Gasteiger partial charge is 0.0642 e. The molecule has 3 nitrogen and oxygen atoms in total. The largest absolute Gasteiger partial charge is 0.378 e. The summed E-state index contributed by atoms with van der Waals surface area (Å²) in [5.41, 5.74) is 1.37. The van der Waals surface area contributed by atoms with Crippen LogP contribution in [0.15, 0.2) is 11.8 Å². The summed E-state index contributed by atoms with van der Waals surface area (Å²) in [4.78, 5) is 2.30. The minimum atomic E-state index is 0.529. The van der Waals surface area contributed by atoms with Crippen molar-refractivity contribution in [1.82, 2.24) is 4.90 Å². The van der Waals surface area contributed by atoms with Crippen LogP contribution in [0.4, 0.5) is 0 Å². The highest BCUT2D eigenvalue weighted by Crippen LogP contribution is 2.17. The Balaban J connectivity index is 2.52. The van der Waals surface area contributed by atoms with E-state index >= 15 is 0 Å². The molecule has 0 unspecified atom stereocenters. The fourth-order valence-electron chi connectivity index (χ4n) is 1.64. The van der Waals surface area contributed by atoms with Crippen molar-refractivity contribution in [3.05, 3.63) is 11.8 Å². The Morgan fingerprint density at radius 2 is 2.13 bits per heavy atom. The first-order valence-corrected chi connectivity index (χ1v) is 5.63. The number of allylic oxidation sites excluding steroid dienone is 1. The van der Waals surface area contributed by atoms with Gasteiger partial charge in [0, 0.05) is 19.5 Å². The second kappa shape index (κ2) is 6.47. The Morgan fingerprint density at radius 1 is 1.47 bits per heavy atom. The van der Waals surface area contributed by atoms with Crippen LogP contribution in [0.5, 0.6) is 0 Å². The Labute approximate surface area is 92.3 Å². The van der Waals surface area contributed by atoms with Gasteiger partial charge >= 0.3 is 0 Å². The Morgan fingerprint density at radius 3 is 2.67 bits per heavy atom. The lowest BCUT2D eigenvalue weighted by Gasteiger charge is -2.27. The fourth-order valence-corrected chi connectivity index (χ4v) is 1.64. The first-order chi connectivity index (χ1) is 7.24. The number of ether oxygens (including phenoxy) is 1. The maximum Gasteiger partial charge on any atom is 0.0642 e. The van der Waals surface area contributed by atoms with Crippen LogP contribution < -0.4 is 0 Å². The molecule has 0 amide bonds. The molecule has 0 aromatic heterocycles. The van der Waals surface area contributed by atoms with E-state index in [0.29, 0.717) is 12.3 Å². The van der Waals surface area contributed by atoms with Gasteiger partial charge < -0.3 is 9.64 Å². The van der Waals surface area contributed by atoms with E-state index in [1.807, 2.05) is 0 Å². The van der Waals surface area contributed by atoms with Gasteiger partial charge in [-0.15, -0.1) is 0 Å². The third-order valence-corrected chi connectivity index (χ3v) is 2.66. The SMILES string of the molecule is CC(C)C(=CN1CCOCC1)CCC#N. The zero-order valence-electron chi connectivity index (χ0n) is 9.70. The van der Waals surface area contributed by atoms with Gasteiger partial charge in [-0.3, -0.25) is 0 Å². The summed E-state index contributed by atoms with van der Waals surface area (Å²) in [6.07, 6.45) is 3.74. The molecular formula is C12H20N2O. The van der Waals surface area contributed by atoms with Crippen LogP contribution in [0.1, 0.15) is 26.7 Å². The standard InChI is InChI=1S/C12H20N2O/c1-11(2)12(4-3-5-13)10-14-6-8-15-9-7-14/h10-11H,3-4,6-9H2,1-2H3. The van der Waals surface area contributed by atoms with E-state index in [9.17, 15) is 0 Å². The van der Waals surface area contributed by atoms with Gasteiger partial charge in [0.15, 0.2) is 0 Å². The Bertz CT molecular complexity index is 247. The van der Waals surface area contributed by atoms with E-state index in [2.05, 4.69) is 31.0 Å². The van der Waals surface area contributed by atoms with Crippen LogP contribution in [-0.2, 0) is 4.74 Å². The zero-order valence-corrected chi connectivity index (χ0v) is 9.70. The molecule has 0 bridgehead atoms. The van der Waals surface area contributed by atoms with E-state index in [1.54, 1.807) is 0 Å². The maximum absolute atomic E-state index is 8.59. The average molecular weight is 208 g/mol. The van der Waals surface area contributed by atoms with Gasteiger partial charge in [0.05, 0.1) is 19.3 Å². The van der Waals surface area contributed by atoms with Crippen molar-refractivity contribution in [2.45, 2.75) is 26.7 Å². The number of rotatable bonds is 4. The lowest BCUT2D eigenvalue weighted by molar-refractivity contribution is 0.0587. The Kier molecular flexibility index (Phi) is 5.20. The summed E-state index contributed by atoms with van der Waals surface area (Å²) in [5.74, 6) is 0.529. The van der Waals surface area contributed by atoms with Crippen molar-refractivity contribution >= 4 is 0 Å². The molecule has 0 N–H and O–H groups in total. The summed E-state index contributed by atoms with van der Waals surface area (Å²) in [6.45, 7) is 7.96. The molecule has 1 rings (SSSR count). The van der Waals surface area contributed by atoms with Crippen molar-refractivity contribution in [3.63, 3.8) is 0 Å². The first kappa shape index (κ1) is 12.1. The van der Waals surface area contributed by atoms with Crippen molar-refractivity contribution in [1.29, 1.82) is 5.26 Å². The van der Waals surface area contributed by atoms with Gasteiger partial charge in [0.1, 0.15) is 0 Å². The molecule has 0 saturated carbocycles. The van der Waals surface area contributed by atoms with Crippen molar-refractivity contribution in [3.8, 4) is 6.07 Å². The van der Waals surface area contributed by atoms with Crippen molar-refractivity contribution in [2.24, 2.45) is 5.92 Å². The van der Waals surface area contributed by atoms with Gasteiger partial charge in [-0.2, -0.15) is 5.26 Å². The molecule has 0 spiro atoms. The number of nitrogens with zero attached hydrogens (tertiary/aromatic N) is 2. The molecule has 0 atom stereocenters. The van der Waals surface area contributed by atoms with Crippen LogP contribution in [0.2, 0.25) is 0 Å². The third kappa shape index (κ3) is 4.35. The van der Waals surface area contributed by atoms with Crippen LogP contribution in [0, 0.1) is 17.2 Å². The summed E-state index contributed by atoms with van der Waals surface area (Å²) in [7, 11) is 0. The van der Waals surface area contributed by atoms with E-state index in [1.165, 1.54) is 5.57 Å². The van der Waals surface area contributed by atoms with Crippen LogP contribution in [-0.4, -0.2) is 31.2 Å². The molecule has 1 aliphatic rings. The van der Waals surface area contributed by atoms with Crippen LogP contribution in [0.25, 0.3) is 0 Å². The molecular weight excluding hydrogens is 188 g/mol. The highest BCUT2D eigenvalue weighted by Gasteiger charge is 2.09. The third-order valence-electron chi connectivity index (χ3n) is 2.66. The number of morpholine rings is 1. The molecule has 1 fully saturated rings. The van der Waals surface area contributed by atoms with E-state index in [-0.39, 0.29) is 0 Å². The Hall–Kier alpha value is -1.01. The van der Waals surface area contributed by atoms with Gasteiger partial charge in [-0.05, 0) is 18.5 Å². The van der Waals surface area contributed by atoms with E-state index in [0.717, 1.165) is 32.7 Å². The second-order valence-electron chi connectivity index (χ2n) is 4.17. The van der Waals surface area contributed by atoms with Crippen molar-refractivity contribution < 1.29 is 4.74 Å². The summed E-state index contributed by atoms with van der Waals surface area (Å²) in [5, 5.41) is 8.59. The van der Waals surface area contributed by atoms with Crippen molar-refractivity contribution in [2.75, 3.05) is 26.3 Å². The molecule has 0 aromatic rings. The summed E-state index contributed by atoms with van der Waals surface area (Å²) >= 11 is 0. The molecule has 84 valence electrons. The number of nitriles is 1. The molecule has 1 aliphatic heterocycles. The van der Waals surface area contributed by atoms with Gasteiger partial charge in [-0.1, -0.05) is 19.4 Å². The van der Waals surface area contributed by atoms with Crippen LogP contribution in [0.3, 0.4) is 0 Å². The summed E-state index contributed by atoms with van der Waals surface area (Å²) in [6, 6.07) is 2.21. The van der Waals surface area contributed by atoms with Crippen LogP contribution >= 0.6 is 0 Å². The monoisotopic (exact) mass is 208 g/mol. The minimum Gasteiger partial charge on any atom is -0.378 e. The normalized spacial score (nSPS) is 18.0. The quantitative estimate of drug-likeness (QED) is 0.710. The number of hydrogen-bond donors (Lipinski definition) is 0.